The predicted molar refractivity (Wildman–Crippen MR) is 30.1 cm³/mol. The molecule has 0 spiro atoms. The second kappa shape index (κ2) is 3.07. The van der Waals surface area contributed by atoms with E-state index in [-0.39, 0.29) is 0 Å². The van der Waals surface area contributed by atoms with Crippen LogP contribution in [0.25, 0.3) is 0 Å². The summed E-state index contributed by atoms with van der Waals surface area (Å²) in [5.74, 6) is 0.525. The molecule has 0 aromatic rings. The van der Waals surface area contributed by atoms with E-state index in [2.05, 4.69) is 10.5 Å². The quantitative estimate of drug-likeness (QED) is 0.518. The van der Waals surface area contributed by atoms with Gasteiger partial charge in [0, 0.05) is 0 Å². The van der Waals surface area contributed by atoms with Crippen molar-refractivity contribution in [1.29, 1.82) is 0 Å². The zero-order valence-electron chi connectivity index (χ0n) is 4.97. The van der Waals surface area contributed by atoms with Gasteiger partial charge in [-0.25, -0.2) is 4.79 Å². The van der Waals surface area contributed by atoms with Crippen molar-refractivity contribution < 1.29 is 9.53 Å². The first kappa shape index (κ1) is 7.01. The topological polar surface area (TPSA) is 52.3 Å². The minimum atomic E-state index is -0.763. The summed E-state index contributed by atoms with van der Waals surface area (Å²) in [5, 5.41) is 0. The van der Waals surface area contributed by atoms with Gasteiger partial charge in [0.15, 0.2) is 0 Å². The molecule has 0 saturated carbocycles. The first-order chi connectivity index (χ1) is 3.66. The van der Waals surface area contributed by atoms with Crippen molar-refractivity contribution in [3.8, 4) is 0 Å². The number of amides is 1. The molecule has 0 rings (SSSR count). The Morgan fingerprint density at radius 1 is 1.75 bits per heavy atom. The smallest absolute Gasteiger partial charge is 0.409 e. The number of hydrogen-bond acceptors (Lipinski definition) is 2. The molecule has 0 bridgehead atoms. The Morgan fingerprint density at radius 2 is 2.25 bits per heavy atom. The van der Waals surface area contributed by atoms with Gasteiger partial charge in [0.2, 0.25) is 0 Å². The first-order valence-corrected chi connectivity index (χ1v) is 2.27. The molecule has 0 aliphatic carbocycles. The molecule has 0 heterocycles. The van der Waals surface area contributed by atoms with Crippen LogP contribution in [0.5, 0.6) is 0 Å². The monoisotopic (exact) mass is 115 g/mol. The third-order valence-electron chi connectivity index (χ3n) is 0.668. The summed E-state index contributed by atoms with van der Waals surface area (Å²) >= 11 is 0. The SMILES string of the molecule is C/C=C(/C)OC(N)=O. The van der Waals surface area contributed by atoms with Crippen LogP contribution in [-0.4, -0.2) is 6.09 Å². The fraction of sp³-hybridized carbons (Fsp3) is 0.400. The molecular weight excluding hydrogens is 106 g/mol. The number of carbonyl (C=O) groups excluding carboxylic acids is 1. The Balaban J connectivity index is 3.56. The Labute approximate surface area is 48.1 Å². The van der Waals surface area contributed by atoms with Gasteiger partial charge in [-0.3, -0.25) is 0 Å². The molecule has 8 heavy (non-hydrogen) atoms. The van der Waals surface area contributed by atoms with E-state index in [1.54, 1.807) is 19.9 Å². The van der Waals surface area contributed by atoms with Gasteiger partial charge >= 0.3 is 6.09 Å². The lowest BCUT2D eigenvalue weighted by atomic mass is 10.5. The Hall–Kier alpha value is -0.990. The zero-order chi connectivity index (χ0) is 6.57. The minimum Gasteiger partial charge on any atom is -0.416 e. The van der Waals surface area contributed by atoms with Crippen LogP contribution in [0.2, 0.25) is 0 Å². The van der Waals surface area contributed by atoms with Crippen LogP contribution in [0.15, 0.2) is 11.8 Å². The Kier molecular flexibility index (Phi) is 2.69. The molecule has 0 radical (unpaired) electrons. The Morgan fingerprint density at radius 3 is 2.38 bits per heavy atom. The lowest BCUT2D eigenvalue weighted by Gasteiger charge is -1.95. The summed E-state index contributed by atoms with van der Waals surface area (Å²) in [5.41, 5.74) is 4.67. The second-order valence-corrected chi connectivity index (χ2v) is 1.32. The maximum atomic E-state index is 9.93. The highest BCUT2D eigenvalue weighted by Gasteiger charge is 1.90. The standard InChI is InChI=1S/C5H9NO2/c1-3-4(2)8-5(6)7/h3H,1-2H3,(H2,6,7)/b4-3-. The molecule has 3 heteroatoms. The average molecular weight is 115 g/mol. The fourth-order valence-corrected chi connectivity index (χ4v) is 0.218. The van der Waals surface area contributed by atoms with Crippen molar-refractivity contribution in [3.05, 3.63) is 11.8 Å². The molecule has 1 amide bonds. The molecule has 2 N–H and O–H groups in total. The van der Waals surface area contributed by atoms with E-state index in [1.807, 2.05) is 0 Å². The number of carbonyl (C=O) groups is 1. The van der Waals surface area contributed by atoms with Gasteiger partial charge in [-0.1, -0.05) is 0 Å². The Bertz CT molecular complexity index is 118. The average Bonchev–Trinajstić information content (AvgIpc) is 1.65. The van der Waals surface area contributed by atoms with Gasteiger partial charge in [-0.2, -0.15) is 0 Å². The van der Waals surface area contributed by atoms with Crippen molar-refractivity contribution in [1.82, 2.24) is 0 Å². The molecule has 0 fully saturated rings. The van der Waals surface area contributed by atoms with Crippen molar-refractivity contribution in [3.63, 3.8) is 0 Å². The van der Waals surface area contributed by atoms with Crippen LogP contribution >= 0.6 is 0 Å². The summed E-state index contributed by atoms with van der Waals surface area (Å²) in [6.07, 6.45) is 0.894. The van der Waals surface area contributed by atoms with Gasteiger partial charge in [0.1, 0.15) is 5.76 Å². The number of allylic oxidation sites excluding steroid dienone is 2. The van der Waals surface area contributed by atoms with Crippen LogP contribution in [0, 0.1) is 0 Å². The molecular formula is C5H9NO2. The van der Waals surface area contributed by atoms with Crippen LogP contribution in [0.3, 0.4) is 0 Å². The zero-order valence-corrected chi connectivity index (χ0v) is 4.97. The van der Waals surface area contributed by atoms with E-state index >= 15 is 0 Å². The van der Waals surface area contributed by atoms with E-state index in [0.717, 1.165) is 0 Å². The molecule has 0 aliphatic rings. The lowest BCUT2D eigenvalue weighted by molar-refractivity contribution is 0.187. The molecule has 3 nitrogen and oxygen atoms in total. The van der Waals surface area contributed by atoms with Gasteiger partial charge in [-0.15, -0.1) is 0 Å². The van der Waals surface area contributed by atoms with Crippen molar-refractivity contribution in [2.45, 2.75) is 13.8 Å². The molecule has 0 aromatic carbocycles. The third-order valence-corrected chi connectivity index (χ3v) is 0.668. The van der Waals surface area contributed by atoms with Crippen LogP contribution in [0.1, 0.15) is 13.8 Å². The van der Waals surface area contributed by atoms with Gasteiger partial charge in [0.05, 0.1) is 0 Å². The molecule has 0 atom stereocenters. The number of nitrogens with two attached hydrogens (primary N) is 1. The summed E-state index contributed by atoms with van der Waals surface area (Å²) in [6, 6.07) is 0. The normalized spacial score (nSPS) is 11.0. The summed E-state index contributed by atoms with van der Waals surface area (Å²) in [7, 11) is 0. The lowest BCUT2D eigenvalue weighted by Crippen LogP contribution is -2.11. The summed E-state index contributed by atoms with van der Waals surface area (Å²) < 4.78 is 4.40. The maximum absolute atomic E-state index is 9.93. The highest BCUT2D eigenvalue weighted by Crippen LogP contribution is 1.91. The van der Waals surface area contributed by atoms with Crippen LogP contribution in [0.4, 0.5) is 4.79 Å². The number of rotatable bonds is 1. The molecule has 0 saturated heterocycles. The summed E-state index contributed by atoms with van der Waals surface area (Å²) in [6.45, 7) is 3.42. The number of primary amides is 1. The van der Waals surface area contributed by atoms with E-state index in [4.69, 9.17) is 0 Å². The fourth-order valence-electron chi connectivity index (χ4n) is 0.218. The first-order valence-electron chi connectivity index (χ1n) is 2.27. The third kappa shape index (κ3) is 3.21. The highest BCUT2D eigenvalue weighted by molar-refractivity contribution is 5.65. The van der Waals surface area contributed by atoms with E-state index < -0.39 is 6.09 Å². The van der Waals surface area contributed by atoms with Crippen LogP contribution in [-0.2, 0) is 4.74 Å². The maximum Gasteiger partial charge on any atom is 0.409 e. The van der Waals surface area contributed by atoms with E-state index in [1.165, 1.54) is 0 Å². The van der Waals surface area contributed by atoms with Crippen molar-refractivity contribution in [2.24, 2.45) is 5.73 Å². The molecule has 0 aromatic heterocycles. The highest BCUT2D eigenvalue weighted by atomic mass is 16.5. The molecule has 0 unspecified atom stereocenters. The summed E-state index contributed by atoms with van der Waals surface area (Å²) in [4.78, 5) is 9.93. The second-order valence-electron chi connectivity index (χ2n) is 1.32. The minimum absolute atomic E-state index is 0.525. The largest absolute Gasteiger partial charge is 0.416 e. The van der Waals surface area contributed by atoms with Crippen LogP contribution < -0.4 is 5.73 Å². The van der Waals surface area contributed by atoms with Crippen molar-refractivity contribution in [2.75, 3.05) is 0 Å². The van der Waals surface area contributed by atoms with E-state index in [9.17, 15) is 4.79 Å². The molecule has 0 aliphatic heterocycles. The van der Waals surface area contributed by atoms with Gasteiger partial charge < -0.3 is 10.5 Å². The van der Waals surface area contributed by atoms with Gasteiger partial charge in [0.25, 0.3) is 0 Å². The molecule has 46 valence electrons. The van der Waals surface area contributed by atoms with E-state index in [0.29, 0.717) is 5.76 Å². The number of ether oxygens (including phenoxy) is 1. The van der Waals surface area contributed by atoms with Crippen molar-refractivity contribution >= 4 is 6.09 Å². The predicted octanol–water partition coefficient (Wildman–Crippen LogP) is 1.01. The van der Waals surface area contributed by atoms with Gasteiger partial charge in [-0.05, 0) is 19.9 Å². The number of hydrogen-bond donors (Lipinski definition) is 1.